The van der Waals surface area contributed by atoms with Gasteiger partial charge in [0, 0.05) is 31.6 Å². The van der Waals surface area contributed by atoms with Crippen LogP contribution < -0.4 is 5.32 Å². The lowest BCUT2D eigenvalue weighted by atomic mass is 9.95. The summed E-state index contributed by atoms with van der Waals surface area (Å²) in [4.78, 5) is 30.8. The smallest absolute Gasteiger partial charge is 0.223 e. The molecule has 2 amide bonds. The second-order valence-corrected chi connectivity index (χ2v) is 6.68. The van der Waals surface area contributed by atoms with Gasteiger partial charge in [-0.05, 0) is 37.0 Å². The fourth-order valence-corrected chi connectivity index (χ4v) is 3.27. The summed E-state index contributed by atoms with van der Waals surface area (Å²) >= 11 is 0. The summed E-state index contributed by atoms with van der Waals surface area (Å²) in [5.74, 6) is 0.227. The van der Waals surface area contributed by atoms with Gasteiger partial charge in [0.1, 0.15) is 0 Å². The molecule has 1 fully saturated rings. The molecule has 0 atom stereocenters. The van der Waals surface area contributed by atoms with Gasteiger partial charge in [-0.3, -0.25) is 14.6 Å². The maximum Gasteiger partial charge on any atom is 0.223 e. The number of benzene rings is 1. The minimum atomic E-state index is -0.0168. The number of hydrogen-bond donors (Lipinski definition) is 1. The normalized spacial score (nSPS) is 14.8. The molecule has 1 aliphatic heterocycles. The van der Waals surface area contributed by atoms with E-state index in [0.717, 1.165) is 25.0 Å². The minimum absolute atomic E-state index is 0.0168. The van der Waals surface area contributed by atoms with E-state index in [-0.39, 0.29) is 17.7 Å². The molecule has 136 valence electrons. The van der Waals surface area contributed by atoms with E-state index in [2.05, 4.69) is 10.3 Å². The molecule has 0 radical (unpaired) electrons. The van der Waals surface area contributed by atoms with Gasteiger partial charge in [0.15, 0.2) is 0 Å². The maximum atomic E-state index is 12.4. The molecular weight excluding hydrogens is 326 g/mol. The molecule has 0 unspecified atom stereocenters. The molecule has 5 heteroatoms. The predicted molar refractivity (Wildman–Crippen MR) is 100 cm³/mol. The van der Waals surface area contributed by atoms with Crippen LogP contribution in [0.2, 0.25) is 0 Å². The molecule has 1 aromatic heterocycles. The highest BCUT2D eigenvalue weighted by atomic mass is 16.2. The molecule has 2 aromatic rings. The second-order valence-electron chi connectivity index (χ2n) is 6.68. The molecule has 26 heavy (non-hydrogen) atoms. The predicted octanol–water partition coefficient (Wildman–Crippen LogP) is 2.57. The van der Waals surface area contributed by atoms with Crippen molar-refractivity contribution in [3.05, 3.63) is 66.0 Å². The summed E-state index contributed by atoms with van der Waals surface area (Å²) in [5.41, 5.74) is 2.04. The first-order valence-electron chi connectivity index (χ1n) is 9.21. The molecule has 0 aliphatic carbocycles. The zero-order chi connectivity index (χ0) is 18.2. The Morgan fingerprint density at radius 1 is 1.04 bits per heavy atom. The summed E-state index contributed by atoms with van der Waals surface area (Å²) in [6, 6.07) is 15.7. The second kappa shape index (κ2) is 9.13. The van der Waals surface area contributed by atoms with Crippen molar-refractivity contribution in [2.75, 3.05) is 13.1 Å². The first-order chi connectivity index (χ1) is 12.7. The minimum Gasteiger partial charge on any atom is -0.350 e. The Morgan fingerprint density at radius 3 is 2.46 bits per heavy atom. The van der Waals surface area contributed by atoms with Gasteiger partial charge in [-0.2, -0.15) is 0 Å². The van der Waals surface area contributed by atoms with Crippen LogP contribution in [0.5, 0.6) is 0 Å². The molecule has 1 aromatic carbocycles. The number of nitrogens with one attached hydrogen (secondary N) is 1. The number of hydrogen-bond acceptors (Lipinski definition) is 3. The van der Waals surface area contributed by atoms with Crippen LogP contribution in [0.4, 0.5) is 0 Å². The van der Waals surface area contributed by atoms with Gasteiger partial charge < -0.3 is 10.2 Å². The Hall–Kier alpha value is -2.69. The Bertz CT molecular complexity index is 647. The van der Waals surface area contributed by atoms with Gasteiger partial charge in [-0.25, -0.2) is 0 Å². The topological polar surface area (TPSA) is 62.3 Å². The van der Waals surface area contributed by atoms with Crippen LogP contribution in [-0.4, -0.2) is 34.8 Å². The largest absolute Gasteiger partial charge is 0.350 e. The number of amides is 2. The number of pyridine rings is 1. The molecule has 1 saturated heterocycles. The zero-order valence-electron chi connectivity index (χ0n) is 14.9. The summed E-state index contributed by atoms with van der Waals surface area (Å²) < 4.78 is 0. The van der Waals surface area contributed by atoms with Gasteiger partial charge >= 0.3 is 0 Å². The molecule has 0 spiro atoms. The number of aryl methyl sites for hydroxylation is 1. The molecule has 1 N–H and O–H groups in total. The van der Waals surface area contributed by atoms with Crippen LogP contribution in [0.3, 0.4) is 0 Å². The van der Waals surface area contributed by atoms with Crippen LogP contribution in [0, 0.1) is 5.92 Å². The lowest BCUT2D eigenvalue weighted by molar-refractivity contribution is -0.135. The van der Waals surface area contributed by atoms with Gasteiger partial charge in [0.2, 0.25) is 11.8 Å². The highest BCUT2D eigenvalue weighted by Gasteiger charge is 2.26. The van der Waals surface area contributed by atoms with Gasteiger partial charge in [-0.1, -0.05) is 36.4 Å². The molecule has 0 bridgehead atoms. The molecule has 1 aliphatic rings. The van der Waals surface area contributed by atoms with E-state index in [1.165, 1.54) is 5.56 Å². The third kappa shape index (κ3) is 5.15. The lowest BCUT2D eigenvalue weighted by Crippen LogP contribution is -2.43. The highest BCUT2D eigenvalue weighted by molar-refractivity contribution is 5.80. The average Bonchev–Trinajstić information content (AvgIpc) is 2.72. The highest BCUT2D eigenvalue weighted by Crippen LogP contribution is 2.18. The Kier molecular flexibility index (Phi) is 6.36. The Balaban J connectivity index is 1.39. The van der Waals surface area contributed by atoms with E-state index < -0.39 is 0 Å². The maximum absolute atomic E-state index is 12.4. The number of nitrogens with zero attached hydrogens (tertiary/aromatic N) is 2. The van der Waals surface area contributed by atoms with Gasteiger partial charge in [0.05, 0.1) is 12.2 Å². The van der Waals surface area contributed by atoms with Gasteiger partial charge in [0.25, 0.3) is 0 Å². The average molecular weight is 351 g/mol. The van der Waals surface area contributed by atoms with Crippen LogP contribution in [0.15, 0.2) is 54.7 Å². The first-order valence-corrected chi connectivity index (χ1v) is 9.21. The van der Waals surface area contributed by atoms with Crippen molar-refractivity contribution >= 4 is 11.8 Å². The van der Waals surface area contributed by atoms with Crippen LogP contribution in [0.1, 0.15) is 30.5 Å². The first kappa shape index (κ1) is 18.1. The standard InChI is InChI=1S/C21H25N3O2/c25-20(10-9-17-6-2-1-3-7-17)24-14-11-18(12-15-24)21(26)23-16-19-8-4-5-13-22-19/h1-8,13,18H,9-12,14-16H2,(H,23,26). The van der Waals surface area contributed by atoms with Crippen molar-refractivity contribution in [1.82, 2.24) is 15.2 Å². The van der Waals surface area contributed by atoms with Crippen LogP contribution >= 0.6 is 0 Å². The van der Waals surface area contributed by atoms with Crippen molar-refractivity contribution in [2.24, 2.45) is 5.92 Å². The molecule has 3 rings (SSSR count). The molecular formula is C21H25N3O2. The number of likely N-dealkylation sites (tertiary alicyclic amines) is 1. The molecule has 5 nitrogen and oxygen atoms in total. The summed E-state index contributed by atoms with van der Waals surface area (Å²) in [7, 11) is 0. The monoisotopic (exact) mass is 351 g/mol. The fourth-order valence-electron chi connectivity index (χ4n) is 3.27. The quantitative estimate of drug-likeness (QED) is 0.870. The summed E-state index contributed by atoms with van der Waals surface area (Å²) in [5, 5.41) is 2.95. The Morgan fingerprint density at radius 2 is 1.77 bits per heavy atom. The van der Waals surface area contributed by atoms with E-state index in [1.807, 2.05) is 53.4 Å². The van der Waals surface area contributed by atoms with Crippen LogP contribution in [-0.2, 0) is 22.6 Å². The third-order valence-corrected chi connectivity index (χ3v) is 4.86. The fraction of sp³-hybridized carbons (Fsp3) is 0.381. The number of rotatable bonds is 6. The van der Waals surface area contributed by atoms with Crippen LogP contribution in [0.25, 0.3) is 0 Å². The van der Waals surface area contributed by atoms with Crippen molar-refractivity contribution in [3.63, 3.8) is 0 Å². The zero-order valence-corrected chi connectivity index (χ0v) is 14.9. The van der Waals surface area contributed by atoms with Crippen molar-refractivity contribution in [3.8, 4) is 0 Å². The van der Waals surface area contributed by atoms with Gasteiger partial charge in [-0.15, -0.1) is 0 Å². The van der Waals surface area contributed by atoms with Crippen molar-refractivity contribution in [1.29, 1.82) is 0 Å². The van der Waals surface area contributed by atoms with E-state index in [1.54, 1.807) is 6.20 Å². The summed E-state index contributed by atoms with van der Waals surface area (Å²) in [6.45, 7) is 1.78. The SMILES string of the molecule is O=C(NCc1ccccn1)C1CCN(C(=O)CCc2ccccc2)CC1. The molecule has 2 heterocycles. The van der Waals surface area contributed by atoms with Crippen molar-refractivity contribution in [2.45, 2.75) is 32.2 Å². The van der Waals surface area contributed by atoms with E-state index >= 15 is 0 Å². The summed E-state index contributed by atoms with van der Waals surface area (Å²) in [6.07, 6.45) is 4.47. The number of piperidine rings is 1. The molecule has 0 saturated carbocycles. The Labute approximate surface area is 154 Å². The van der Waals surface area contributed by atoms with E-state index in [4.69, 9.17) is 0 Å². The van der Waals surface area contributed by atoms with Crippen molar-refractivity contribution < 1.29 is 9.59 Å². The van der Waals surface area contributed by atoms with E-state index in [9.17, 15) is 9.59 Å². The number of aromatic nitrogens is 1. The van der Waals surface area contributed by atoms with E-state index in [0.29, 0.717) is 26.1 Å². The number of carbonyl (C=O) groups is 2. The number of carbonyl (C=O) groups excluding carboxylic acids is 2. The third-order valence-electron chi connectivity index (χ3n) is 4.86. The lowest BCUT2D eigenvalue weighted by Gasteiger charge is -2.31.